The molecule has 6 nitrogen and oxygen atoms in total. The zero-order valence-corrected chi connectivity index (χ0v) is 15.3. The summed E-state index contributed by atoms with van der Waals surface area (Å²) in [6.07, 6.45) is 3.56. The number of hydrogen-bond donors (Lipinski definition) is 0. The highest BCUT2D eigenvalue weighted by atomic mass is 32.2. The second kappa shape index (κ2) is 7.49. The number of halogens is 1. The highest BCUT2D eigenvalue weighted by Gasteiger charge is 2.41. The van der Waals surface area contributed by atoms with Crippen LogP contribution in [0.4, 0.5) is 14.9 Å². The topological polar surface area (TPSA) is 66.9 Å². The van der Waals surface area contributed by atoms with Crippen LogP contribution >= 0.6 is 11.8 Å². The lowest BCUT2D eigenvalue weighted by atomic mass is 10.1. The summed E-state index contributed by atoms with van der Waals surface area (Å²) in [6.45, 7) is 3.09. The summed E-state index contributed by atoms with van der Waals surface area (Å²) in [5.74, 6) is -1.61. The minimum atomic E-state index is -1.01. The molecule has 138 valence electrons. The smallest absolute Gasteiger partial charge is 0.328 e. The van der Waals surface area contributed by atoms with Crippen molar-refractivity contribution in [3.63, 3.8) is 0 Å². The van der Waals surface area contributed by atoms with Crippen molar-refractivity contribution in [1.82, 2.24) is 4.90 Å². The van der Waals surface area contributed by atoms with Gasteiger partial charge in [-0.1, -0.05) is 6.07 Å². The van der Waals surface area contributed by atoms with Gasteiger partial charge in [-0.05, 0) is 55.3 Å². The molecule has 0 saturated carbocycles. The van der Waals surface area contributed by atoms with Crippen LogP contribution < -0.4 is 4.90 Å². The molecule has 0 N–H and O–H groups in total. The molecule has 0 aromatic heterocycles. The summed E-state index contributed by atoms with van der Waals surface area (Å²) in [5, 5.41) is -0.548. The van der Waals surface area contributed by atoms with Crippen molar-refractivity contribution in [3.8, 4) is 0 Å². The molecular weight excluding hydrogens is 359 g/mol. The predicted octanol–water partition coefficient (Wildman–Crippen LogP) is 3.02. The van der Waals surface area contributed by atoms with Gasteiger partial charge in [-0.3, -0.25) is 14.5 Å². The van der Waals surface area contributed by atoms with Crippen molar-refractivity contribution in [2.24, 2.45) is 0 Å². The molecule has 0 aliphatic carbocycles. The number of carbonyl (C=O) groups excluding carboxylic acids is 3. The quantitative estimate of drug-likeness (QED) is 0.593. The van der Waals surface area contributed by atoms with Crippen molar-refractivity contribution in [3.05, 3.63) is 34.5 Å². The van der Waals surface area contributed by atoms with Gasteiger partial charge in [-0.15, -0.1) is 0 Å². The SMILES string of the molecule is COC(=O)[C@@H](C)N1C(=O)S/C(=C\c2ccc(N3CCCC3)c(F)c2)C1=O. The Morgan fingerprint density at radius 1 is 1.31 bits per heavy atom. The van der Waals surface area contributed by atoms with Crippen LogP contribution in [-0.2, 0) is 14.3 Å². The lowest BCUT2D eigenvalue weighted by molar-refractivity contribution is -0.148. The number of benzene rings is 1. The Balaban J connectivity index is 1.82. The van der Waals surface area contributed by atoms with Crippen LogP contribution in [-0.4, -0.2) is 48.3 Å². The average Bonchev–Trinajstić information content (AvgIpc) is 3.23. The number of amides is 2. The highest BCUT2D eigenvalue weighted by Crippen LogP contribution is 2.34. The number of anilines is 1. The summed E-state index contributed by atoms with van der Waals surface area (Å²) in [4.78, 5) is 39.1. The number of imide groups is 1. The van der Waals surface area contributed by atoms with E-state index in [9.17, 15) is 18.8 Å². The largest absolute Gasteiger partial charge is 0.467 e. The van der Waals surface area contributed by atoms with E-state index in [0.29, 0.717) is 11.3 Å². The number of methoxy groups -OCH3 is 1. The first kappa shape index (κ1) is 18.4. The molecule has 2 aliphatic heterocycles. The summed E-state index contributed by atoms with van der Waals surface area (Å²) in [7, 11) is 1.19. The molecule has 26 heavy (non-hydrogen) atoms. The van der Waals surface area contributed by atoms with Gasteiger partial charge in [0.1, 0.15) is 11.9 Å². The predicted molar refractivity (Wildman–Crippen MR) is 97.1 cm³/mol. The van der Waals surface area contributed by atoms with E-state index in [0.717, 1.165) is 42.6 Å². The molecular formula is C18H19FN2O4S. The summed E-state index contributed by atoms with van der Waals surface area (Å²) in [5.41, 5.74) is 1.04. The Morgan fingerprint density at radius 2 is 2.00 bits per heavy atom. The minimum absolute atomic E-state index is 0.152. The fraction of sp³-hybridized carbons (Fsp3) is 0.389. The monoisotopic (exact) mass is 378 g/mol. The first-order valence-electron chi connectivity index (χ1n) is 8.31. The summed E-state index contributed by atoms with van der Waals surface area (Å²) < 4.78 is 19.0. The van der Waals surface area contributed by atoms with Gasteiger partial charge < -0.3 is 9.64 Å². The molecule has 3 rings (SSSR count). The van der Waals surface area contributed by atoms with E-state index in [1.54, 1.807) is 12.1 Å². The Hall–Kier alpha value is -2.35. The van der Waals surface area contributed by atoms with E-state index in [2.05, 4.69) is 4.74 Å². The molecule has 0 radical (unpaired) electrons. The summed E-state index contributed by atoms with van der Waals surface area (Å²) in [6, 6.07) is 3.75. The molecule has 0 unspecified atom stereocenters. The lowest BCUT2D eigenvalue weighted by Gasteiger charge is -2.19. The van der Waals surface area contributed by atoms with Gasteiger partial charge in [0, 0.05) is 13.1 Å². The third-order valence-corrected chi connectivity index (χ3v) is 5.35. The molecule has 2 aliphatic rings. The van der Waals surface area contributed by atoms with E-state index in [4.69, 9.17) is 0 Å². The van der Waals surface area contributed by atoms with Gasteiger partial charge in [-0.2, -0.15) is 0 Å². The highest BCUT2D eigenvalue weighted by molar-refractivity contribution is 8.18. The molecule has 1 atom stereocenters. The second-order valence-electron chi connectivity index (χ2n) is 6.16. The van der Waals surface area contributed by atoms with Crippen LogP contribution in [0.25, 0.3) is 6.08 Å². The number of carbonyl (C=O) groups is 3. The number of thioether (sulfide) groups is 1. The second-order valence-corrected chi connectivity index (χ2v) is 7.15. The van der Waals surface area contributed by atoms with E-state index in [1.165, 1.54) is 26.2 Å². The van der Waals surface area contributed by atoms with Crippen LogP contribution in [0.3, 0.4) is 0 Å². The number of rotatable bonds is 4. The van der Waals surface area contributed by atoms with Crippen molar-refractivity contribution in [2.75, 3.05) is 25.1 Å². The minimum Gasteiger partial charge on any atom is -0.467 e. The molecule has 0 bridgehead atoms. The summed E-state index contributed by atoms with van der Waals surface area (Å²) >= 11 is 0.726. The van der Waals surface area contributed by atoms with E-state index >= 15 is 0 Å². The average molecular weight is 378 g/mol. The third kappa shape index (κ3) is 3.46. The van der Waals surface area contributed by atoms with Crippen molar-refractivity contribution in [2.45, 2.75) is 25.8 Å². The van der Waals surface area contributed by atoms with E-state index < -0.39 is 23.2 Å². The van der Waals surface area contributed by atoms with Crippen molar-refractivity contribution < 1.29 is 23.5 Å². The van der Waals surface area contributed by atoms with E-state index in [-0.39, 0.29) is 10.7 Å². The zero-order valence-electron chi connectivity index (χ0n) is 14.5. The van der Waals surface area contributed by atoms with Gasteiger partial charge in [-0.25, -0.2) is 9.18 Å². The number of hydrogen-bond acceptors (Lipinski definition) is 6. The molecule has 2 amide bonds. The number of esters is 1. The lowest BCUT2D eigenvalue weighted by Crippen LogP contribution is -2.42. The number of ether oxygens (including phenoxy) is 1. The van der Waals surface area contributed by atoms with E-state index in [1.807, 2.05) is 4.90 Å². The van der Waals surface area contributed by atoms with Crippen LogP contribution in [0.5, 0.6) is 0 Å². The fourth-order valence-corrected chi connectivity index (χ4v) is 3.98. The van der Waals surface area contributed by atoms with Crippen LogP contribution in [0.15, 0.2) is 23.1 Å². The molecule has 2 saturated heterocycles. The maximum absolute atomic E-state index is 14.4. The van der Waals surface area contributed by atoms with Crippen molar-refractivity contribution >= 4 is 40.6 Å². The first-order chi connectivity index (χ1) is 12.4. The van der Waals surface area contributed by atoms with Gasteiger partial charge in [0.15, 0.2) is 0 Å². The molecule has 1 aromatic rings. The Kier molecular flexibility index (Phi) is 5.31. The molecule has 2 fully saturated rings. The standard InChI is InChI=1S/C18H19FN2O4S/c1-11(17(23)25-2)21-16(22)15(26-18(21)24)10-12-5-6-14(13(19)9-12)20-7-3-4-8-20/h5-6,9-11H,3-4,7-8H2,1-2H3/b15-10-/t11-/m1/s1. The molecule has 1 aromatic carbocycles. The maximum atomic E-state index is 14.4. The van der Waals surface area contributed by atoms with Crippen LogP contribution in [0.1, 0.15) is 25.3 Å². The zero-order chi connectivity index (χ0) is 18.8. The number of nitrogens with zero attached hydrogens (tertiary/aromatic N) is 2. The first-order valence-corrected chi connectivity index (χ1v) is 9.13. The van der Waals surface area contributed by atoms with Crippen LogP contribution in [0.2, 0.25) is 0 Å². The Labute approximate surface area is 155 Å². The Bertz CT molecular complexity index is 789. The van der Waals surface area contributed by atoms with Crippen molar-refractivity contribution in [1.29, 1.82) is 0 Å². The van der Waals surface area contributed by atoms with Gasteiger partial charge in [0.05, 0.1) is 17.7 Å². The Morgan fingerprint density at radius 3 is 2.62 bits per heavy atom. The fourth-order valence-electron chi connectivity index (χ4n) is 3.07. The molecule has 8 heteroatoms. The normalized spacial score (nSPS) is 20.2. The van der Waals surface area contributed by atoms with Crippen LogP contribution in [0, 0.1) is 5.82 Å². The molecule has 2 heterocycles. The van der Waals surface area contributed by atoms with Gasteiger partial charge >= 0.3 is 5.97 Å². The van der Waals surface area contributed by atoms with Gasteiger partial charge in [0.25, 0.3) is 11.1 Å². The maximum Gasteiger partial charge on any atom is 0.328 e. The molecule has 0 spiro atoms. The third-order valence-electron chi connectivity index (χ3n) is 4.47. The van der Waals surface area contributed by atoms with Gasteiger partial charge in [0.2, 0.25) is 0 Å².